The molecule has 0 unspecified atom stereocenters. The van der Waals surface area contributed by atoms with Gasteiger partial charge in [-0.25, -0.2) is 0 Å². The van der Waals surface area contributed by atoms with Gasteiger partial charge >= 0.3 is 0 Å². The smallest absolute Gasteiger partial charge is 0.251 e. The molecular weight excluding hydrogens is 286 g/mol. The van der Waals surface area contributed by atoms with Crippen molar-refractivity contribution in [2.75, 3.05) is 29.3 Å². The fourth-order valence-corrected chi connectivity index (χ4v) is 2.89. The lowest BCUT2D eigenvalue weighted by molar-refractivity contribution is -0.117. The summed E-state index contributed by atoms with van der Waals surface area (Å²) in [5.41, 5.74) is 2.17. The van der Waals surface area contributed by atoms with Crippen molar-refractivity contribution >= 4 is 35.0 Å². The van der Waals surface area contributed by atoms with Crippen LogP contribution >= 0.6 is 11.8 Å². The maximum absolute atomic E-state index is 12.2. The summed E-state index contributed by atoms with van der Waals surface area (Å²) in [6.45, 7) is 3.83. The molecule has 2 rings (SSSR count). The minimum Gasteiger partial charge on any atom is -0.361 e. The number of hydrogen-bond acceptors (Lipinski definition) is 4. The van der Waals surface area contributed by atoms with Gasteiger partial charge in [0.15, 0.2) is 0 Å². The van der Waals surface area contributed by atoms with Gasteiger partial charge in [-0.05, 0) is 38.3 Å². The average Bonchev–Trinajstić information content (AvgIpc) is 2.44. The monoisotopic (exact) mass is 307 g/mol. The number of rotatable bonds is 4. The normalized spacial score (nSPS) is 18.8. The van der Waals surface area contributed by atoms with Gasteiger partial charge in [-0.2, -0.15) is 11.8 Å². The Morgan fingerprint density at radius 2 is 2.24 bits per heavy atom. The minimum atomic E-state index is -0.209. The van der Waals surface area contributed by atoms with Gasteiger partial charge in [0.25, 0.3) is 5.91 Å². The first kappa shape index (κ1) is 15.7. The summed E-state index contributed by atoms with van der Waals surface area (Å²) in [6.07, 6.45) is 2.01. The molecule has 2 N–H and O–H groups in total. The van der Waals surface area contributed by atoms with E-state index in [0.717, 1.165) is 11.4 Å². The number of amides is 2. The summed E-state index contributed by atoms with van der Waals surface area (Å²) in [5.74, 6) is 0.696. The maximum Gasteiger partial charge on any atom is 0.251 e. The fourth-order valence-electron chi connectivity index (χ4n) is 2.31. The van der Waals surface area contributed by atoms with Crippen LogP contribution in [0.25, 0.3) is 0 Å². The third-order valence-electron chi connectivity index (χ3n) is 3.65. The average molecular weight is 307 g/mol. The summed E-state index contributed by atoms with van der Waals surface area (Å²) in [7, 11) is 1.88. The van der Waals surface area contributed by atoms with Gasteiger partial charge < -0.3 is 15.5 Å². The zero-order valence-corrected chi connectivity index (χ0v) is 13.6. The summed E-state index contributed by atoms with van der Waals surface area (Å²) < 4.78 is 0. The van der Waals surface area contributed by atoms with Crippen molar-refractivity contribution in [2.24, 2.45) is 0 Å². The number of hydrogen-bond donors (Lipinski definition) is 2. The van der Waals surface area contributed by atoms with E-state index < -0.39 is 0 Å². The SMILES string of the molecule is CSC[C@H](C)NC(=O)c1ccc2c(c1)NC(=O)[C@@H](C)N2C. The third-order valence-corrected chi connectivity index (χ3v) is 4.48. The Kier molecular flexibility index (Phi) is 4.77. The molecule has 0 aromatic heterocycles. The molecule has 6 heteroatoms. The first-order chi connectivity index (χ1) is 9.93. The van der Waals surface area contributed by atoms with Crippen LogP contribution in [0, 0.1) is 0 Å². The maximum atomic E-state index is 12.2. The van der Waals surface area contributed by atoms with Gasteiger partial charge in [0.2, 0.25) is 5.91 Å². The van der Waals surface area contributed by atoms with E-state index >= 15 is 0 Å². The molecule has 1 aliphatic heterocycles. The molecule has 114 valence electrons. The second-order valence-corrected chi connectivity index (χ2v) is 6.25. The number of nitrogens with zero attached hydrogens (tertiary/aromatic N) is 1. The van der Waals surface area contributed by atoms with Crippen LogP contribution in [-0.2, 0) is 4.79 Å². The predicted molar refractivity (Wildman–Crippen MR) is 88.2 cm³/mol. The first-order valence-corrected chi connectivity index (χ1v) is 8.31. The van der Waals surface area contributed by atoms with E-state index in [1.165, 1.54) is 0 Å². The molecule has 1 aromatic rings. The zero-order valence-electron chi connectivity index (χ0n) is 12.8. The Morgan fingerprint density at radius 3 is 2.90 bits per heavy atom. The minimum absolute atomic E-state index is 0.0571. The molecule has 5 nitrogen and oxygen atoms in total. The van der Waals surface area contributed by atoms with Gasteiger partial charge in [-0.15, -0.1) is 0 Å². The highest BCUT2D eigenvalue weighted by Crippen LogP contribution is 2.31. The van der Waals surface area contributed by atoms with Gasteiger partial charge in [-0.3, -0.25) is 9.59 Å². The predicted octanol–water partition coefficient (Wildman–Crippen LogP) is 1.94. The Morgan fingerprint density at radius 1 is 1.52 bits per heavy atom. The Hall–Kier alpha value is -1.69. The molecule has 2 atom stereocenters. The van der Waals surface area contributed by atoms with Gasteiger partial charge in [0, 0.05) is 24.4 Å². The van der Waals surface area contributed by atoms with E-state index in [1.54, 1.807) is 23.9 Å². The quantitative estimate of drug-likeness (QED) is 0.892. The van der Waals surface area contributed by atoms with Crippen molar-refractivity contribution in [3.05, 3.63) is 23.8 Å². The largest absolute Gasteiger partial charge is 0.361 e. The highest BCUT2D eigenvalue weighted by molar-refractivity contribution is 7.98. The van der Waals surface area contributed by atoms with Gasteiger partial charge in [-0.1, -0.05) is 0 Å². The molecule has 0 saturated carbocycles. The summed E-state index contributed by atoms with van der Waals surface area (Å²) in [5, 5.41) is 5.80. The number of carbonyl (C=O) groups is 2. The second-order valence-electron chi connectivity index (χ2n) is 5.34. The number of nitrogens with one attached hydrogen (secondary N) is 2. The van der Waals surface area contributed by atoms with Crippen LogP contribution in [0.15, 0.2) is 18.2 Å². The van der Waals surface area contributed by atoms with Crippen LogP contribution in [0.5, 0.6) is 0 Å². The number of benzene rings is 1. The highest BCUT2D eigenvalue weighted by Gasteiger charge is 2.27. The zero-order chi connectivity index (χ0) is 15.6. The number of anilines is 2. The molecule has 0 spiro atoms. The second kappa shape index (κ2) is 6.39. The van der Waals surface area contributed by atoms with Crippen LogP contribution in [0.4, 0.5) is 11.4 Å². The van der Waals surface area contributed by atoms with Crippen LogP contribution in [0.2, 0.25) is 0 Å². The van der Waals surface area contributed by atoms with Crippen LogP contribution < -0.4 is 15.5 Å². The van der Waals surface area contributed by atoms with Crippen LogP contribution in [0.3, 0.4) is 0 Å². The topological polar surface area (TPSA) is 61.4 Å². The molecule has 1 aliphatic rings. The molecule has 0 radical (unpaired) electrons. The van der Waals surface area contributed by atoms with E-state index in [0.29, 0.717) is 11.3 Å². The van der Waals surface area contributed by atoms with Crippen molar-refractivity contribution in [2.45, 2.75) is 25.9 Å². The number of fused-ring (bicyclic) bond motifs is 1. The van der Waals surface area contributed by atoms with Gasteiger partial charge in [0.1, 0.15) is 6.04 Å². The number of thioether (sulfide) groups is 1. The summed E-state index contributed by atoms with van der Waals surface area (Å²) in [6, 6.07) is 5.30. The molecule has 2 amide bonds. The van der Waals surface area contributed by atoms with E-state index in [9.17, 15) is 9.59 Å². The summed E-state index contributed by atoms with van der Waals surface area (Å²) in [4.78, 5) is 26.0. The van der Waals surface area contributed by atoms with Crippen LogP contribution in [0.1, 0.15) is 24.2 Å². The lowest BCUT2D eigenvalue weighted by Crippen LogP contribution is -2.44. The molecule has 0 saturated heterocycles. The number of likely N-dealkylation sites (N-methyl/N-ethyl adjacent to an activating group) is 1. The van der Waals surface area contributed by atoms with E-state index in [2.05, 4.69) is 10.6 Å². The van der Waals surface area contributed by atoms with E-state index in [-0.39, 0.29) is 23.9 Å². The highest BCUT2D eigenvalue weighted by atomic mass is 32.2. The molecule has 0 bridgehead atoms. The molecule has 1 heterocycles. The Labute approximate surface area is 129 Å². The van der Waals surface area contributed by atoms with Crippen molar-refractivity contribution in [1.82, 2.24) is 5.32 Å². The standard InChI is InChI=1S/C15H21N3O2S/c1-9(8-21-4)16-15(20)11-5-6-13-12(7-11)17-14(19)10(2)18(13)3/h5-7,9-10H,8H2,1-4H3,(H,16,20)(H,17,19)/t9-,10+/m0/s1. The van der Waals surface area contributed by atoms with Crippen molar-refractivity contribution in [3.63, 3.8) is 0 Å². The summed E-state index contributed by atoms with van der Waals surface area (Å²) >= 11 is 1.69. The third kappa shape index (κ3) is 3.32. The molecule has 0 aliphatic carbocycles. The molecule has 21 heavy (non-hydrogen) atoms. The van der Waals surface area contributed by atoms with Crippen molar-refractivity contribution in [1.29, 1.82) is 0 Å². The lowest BCUT2D eigenvalue weighted by atomic mass is 10.1. The van der Waals surface area contributed by atoms with Crippen LogP contribution in [-0.4, -0.2) is 43.0 Å². The van der Waals surface area contributed by atoms with Gasteiger partial charge in [0.05, 0.1) is 11.4 Å². The Balaban J connectivity index is 2.20. The fraction of sp³-hybridized carbons (Fsp3) is 0.467. The number of carbonyl (C=O) groups excluding carboxylic acids is 2. The van der Waals surface area contributed by atoms with Crippen molar-refractivity contribution in [3.8, 4) is 0 Å². The lowest BCUT2D eigenvalue weighted by Gasteiger charge is -2.33. The van der Waals surface area contributed by atoms with E-state index in [4.69, 9.17) is 0 Å². The Bertz CT molecular complexity index is 562. The first-order valence-electron chi connectivity index (χ1n) is 6.91. The van der Waals surface area contributed by atoms with E-state index in [1.807, 2.05) is 38.1 Å². The molecule has 1 aromatic carbocycles. The molecule has 0 fully saturated rings. The molecular formula is C15H21N3O2S. The van der Waals surface area contributed by atoms with Crippen molar-refractivity contribution < 1.29 is 9.59 Å².